The first-order chi connectivity index (χ1) is 15.8. The number of hydrogen-bond donors (Lipinski definition) is 0. The summed E-state index contributed by atoms with van der Waals surface area (Å²) in [6, 6.07) is 16.8. The van der Waals surface area contributed by atoms with E-state index >= 15 is 0 Å². The van der Waals surface area contributed by atoms with E-state index in [1.807, 2.05) is 19.9 Å². The highest BCUT2D eigenvalue weighted by atomic mass is 16.5. The first-order valence-corrected chi connectivity index (χ1v) is 11.5. The average Bonchev–Trinajstić information content (AvgIpc) is 2.83. The van der Waals surface area contributed by atoms with Gasteiger partial charge in [0.15, 0.2) is 0 Å². The van der Waals surface area contributed by atoms with Crippen LogP contribution in [0.3, 0.4) is 0 Å². The lowest BCUT2D eigenvalue weighted by molar-refractivity contribution is 0.0124. The van der Waals surface area contributed by atoms with Crippen LogP contribution in [0.15, 0.2) is 48.5 Å². The van der Waals surface area contributed by atoms with Crippen LogP contribution >= 0.6 is 0 Å². The van der Waals surface area contributed by atoms with Crippen molar-refractivity contribution in [2.75, 3.05) is 66.1 Å². The Morgan fingerprint density at radius 3 is 1.66 bits per heavy atom. The summed E-state index contributed by atoms with van der Waals surface area (Å²) in [4.78, 5) is 0. The SMILES string of the molecule is CCOCCOCCOCc1ccc(COCCOCCOCC)c(-c2ccccc2)c1. The van der Waals surface area contributed by atoms with Crippen LogP contribution in [-0.4, -0.2) is 66.1 Å². The largest absolute Gasteiger partial charge is 0.379 e. The predicted octanol–water partition coefficient (Wildman–Crippen LogP) is 4.49. The molecule has 2 rings (SSSR count). The zero-order chi connectivity index (χ0) is 22.7. The monoisotopic (exact) mass is 446 g/mol. The minimum absolute atomic E-state index is 0.536. The summed E-state index contributed by atoms with van der Waals surface area (Å²) in [5.41, 5.74) is 4.60. The molecule has 6 heteroatoms. The van der Waals surface area contributed by atoms with Gasteiger partial charge in [0.2, 0.25) is 0 Å². The van der Waals surface area contributed by atoms with Crippen LogP contribution in [0.1, 0.15) is 25.0 Å². The normalized spacial score (nSPS) is 11.2. The zero-order valence-corrected chi connectivity index (χ0v) is 19.6. The summed E-state index contributed by atoms with van der Waals surface area (Å²) < 4.78 is 33.2. The van der Waals surface area contributed by atoms with Gasteiger partial charge in [-0.2, -0.15) is 0 Å². The van der Waals surface area contributed by atoms with Crippen molar-refractivity contribution in [3.63, 3.8) is 0 Å². The van der Waals surface area contributed by atoms with Crippen LogP contribution in [-0.2, 0) is 41.6 Å². The van der Waals surface area contributed by atoms with E-state index in [-0.39, 0.29) is 0 Å². The molecule has 6 nitrogen and oxygen atoms in total. The first-order valence-electron chi connectivity index (χ1n) is 11.5. The van der Waals surface area contributed by atoms with Crippen LogP contribution in [0, 0.1) is 0 Å². The highest BCUT2D eigenvalue weighted by molar-refractivity contribution is 5.68. The van der Waals surface area contributed by atoms with Gasteiger partial charge in [-0.1, -0.05) is 42.5 Å². The molecule has 0 saturated heterocycles. The molecule has 0 heterocycles. The molecule has 0 aliphatic heterocycles. The Labute approximate surface area is 192 Å². The summed E-state index contributed by atoms with van der Waals surface area (Å²) >= 11 is 0. The smallest absolute Gasteiger partial charge is 0.0724 e. The second kappa shape index (κ2) is 17.7. The zero-order valence-electron chi connectivity index (χ0n) is 19.6. The molecule has 0 fully saturated rings. The second-order valence-corrected chi connectivity index (χ2v) is 7.08. The Morgan fingerprint density at radius 2 is 1.06 bits per heavy atom. The third-order valence-electron chi connectivity index (χ3n) is 4.68. The number of benzene rings is 2. The minimum atomic E-state index is 0.536. The average molecular weight is 447 g/mol. The Morgan fingerprint density at radius 1 is 0.531 bits per heavy atom. The standard InChI is InChI=1S/C26H38O6/c1-3-27-12-14-29-16-18-31-21-23-10-11-25(22-32-19-17-30-15-13-28-4-2)26(20-23)24-8-6-5-7-9-24/h5-11,20H,3-4,12-19,21-22H2,1-2H3. The fraction of sp³-hybridized carbons (Fsp3) is 0.538. The molecule has 0 N–H and O–H groups in total. The fourth-order valence-electron chi connectivity index (χ4n) is 3.06. The van der Waals surface area contributed by atoms with Gasteiger partial charge in [0.1, 0.15) is 0 Å². The van der Waals surface area contributed by atoms with Crippen LogP contribution < -0.4 is 0 Å². The van der Waals surface area contributed by atoms with Gasteiger partial charge in [-0.3, -0.25) is 0 Å². The maximum atomic E-state index is 5.86. The summed E-state index contributed by atoms with van der Waals surface area (Å²) in [7, 11) is 0. The van der Waals surface area contributed by atoms with Crippen molar-refractivity contribution in [3.05, 3.63) is 59.7 Å². The van der Waals surface area contributed by atoms with E-state index in [0.29, 0.717) is 79.3 Å². The molecule has 0 atom stereocenters. The molecule has 2 aromatic carbocycles. The molecule has 0 unspecified atom stereocenters. The Balaban J connectivity index is 1.81. The van der Waals surface area contributed by atoms with Crippen LogP contribution in [0.4, 0.5) is 0 Å². The van der Waals surface area contributed by atoms with E-state index in [9.17, 15) is 0 Å². The summed E-state index contributed by atoms with van der Waals surface area (Å²) in [5, 5.41) is 0. The molecular weight excluding hydrogens is 408 g/mol. The quantitative estimate of drug-likeness (QED) is 0.296. The molecule has 2 aromatic rings. The molecule has 0 aromatic heterocycles. The van der Waals surface area contributed by atoms with Crippen LogP contribution in [0.2, 0.25) is 0 Å². The topological polar surface area (TPSA) is 55.4 Å². The van der Waals surface area contributed by atoms with Crippen molar-refractivity contribution in [3.8, 4) is 11.1 Å². The van der Waals surface area contributed by atoms with Crippen molar-refractivity contribution in [1.29, 1.82) is 0 Å². The van der Waals surface area contributed by atoms with Gasteiger partial charge >= 0.3 is 0 Å². The minimum Gasteiger partial charge on any atom is -0.379 e. The molecule has 0 radical (unpaired) electrons. The third-order valence-corrected chi connectivity index (χ3v) is 4.68. The maximum Gasteiger partial charge on any atom is 0.0724 e. The third kappa shape index (κ3) is 11.2. The van der Waals surface area contributed by atoms with E-state index < -0.39 is 0 Å². The first kappa shape index (κ1) is 26.5. The highest BCUT2D eigenvalue weighted by Gasteiger charge is 2.07. The van der Waals surface area contributed by atoms with Gasteiger partial charge in [-0.25, -0.2) is 0 Å². The van der Waals surface area contributed by atoms with E-state index in [1.54, 1.807) is 0 Å². The van der Waals surface area contributed by atoms with E-state index in [2.05, 4.69) is 42.5 Å². The van der Waals surface area contributed by atoms with Gasteiger partial charge in [0.05, 0.1) is 66.1 Å². The van der Waals surface area contributed by atoms with Crippen molar-refractivity contribution in [1.82, 2.24) is 0 Å². The maximum absolute atomic E-state index is 5.86. The van der Waals surface area contributed by atoms with Crippen molar-refractivity contribution in [2.24, 2.45) is 0 Å². The number of hydrogen-bond acceptors (Lipinski definition) is 6. The molecule has 0 bridgehead atoms. The predicted molar refractivity (Wildman–Crippen MR) is 126 cm³/mol. The molecule has 0 aliphatic carbocycles. The van der Waals surface area contributed by atoms with Gasteiger partial charge in [0, 0.05) is 13.2 Å². The molecule has 178 valence electrons. The van der Waals surface area contributed by atoms with Crippen LogP contribution in [0.5, 0.6) is 0 Å². The van der Waals surface area contributed by atoms with Crippen molar-refractivity contribution < 1.29 is 28.4 Å². The van der Waals surface area contributed by atoms with Crippen LogP contribution in [0.25, 0.3) is 11.1 Å². The summed E-state index contributed by atoms with van der Waals surface area (Å²) in [5.74, 6) is 0. The molecule has 0 spiro atoms. The Hall–Kier alpha value is -1.80. The Kier molecular flexibility index (Phi) is 14.6. The molecule has 0 aliphatic rings. The van der Waals surface area contributed by atoms with Gasteiger partial charge < -0.3 is 28.4 Å². The number of rotatable bonds is 19. The lowest BCUT2D eigenvalue weighted by Gasteiger charge is -2.13. The molecular formula is C26H38O6. The van der Waals surface area contributed by atoms with E-state index in [0.717, 1.165) is 16.7 Å². The number of ether oxygens (including phenoxy) is 6. The van der Waals surface area contributed by atoms with E-state index in [1.165, 1.54) is 5.56 Å². The molecule has 0 amide bonds. The summed E-state index contributed by atoms with van der Waals surface area (Å²) in [6.45, 7) is 11.1. The highest BCUT2D eigenvalue weighted by Crippen LogP contribution is 2.26. The van der Waals surface area contributed by atoms with Gasteiger partial charge in [0.25, 0.3) is 0 Å². The fourth-order valence-corrected chi connectivity index (χ4v) is 3.06. The lowest BCUT2D eigenvalue weighted by Crippen LogP contribution is -2.10. The van der Waals surface area contributed by atoms with Gasteiger partial charge in [-0.05, 0) is 42.2 Å². The van der Waals surface area contributed by atoms with E-state index in [4.69, 9.17) is 28.4 Å². The van der Waals surface area contributed by atoms with Gasteiger partial charge in [-0.15, -0.1) is 0 Å². The summed E-state index contributed by atoms with van der Waals surface area (Å²) in [6.07, 6.45) is 0. The molecule has 32 heavy (non-hydrogen) atoms. The molecule has 0 saturated carbocycles. The van der Waals surface area contributed by atoms with Crippen molar-refractivity contribution in [2.45, 2.75) is 27.1 Å². The lowest BCUT2D eigenvalue weighted by atomic mass is 9.98. The Bertz CT molecular complexity index is 707. The van der Waals surface area contributed by atoms with Crippen molar-refractivity contribution >= 4 is 0 Å². The second-order valence-electron chi connectivity index (χ2n) is 7.08.